The van der Waals surface area contributed by atoms with Crippen molar-refractivity contribution in [3.63, 3.8) is 0 Å². The minimum absolute atomic E-state index is 0.0292. The third kappa shape index (κ3) is 3.39. The molecule has 0 saturated heterocycles. The molecule has 0 aromatic heterocycles. The fourth-order valence-corrected chi connectivity index (χ4v) is 1.77. The van der Waals surface area contributed by atoms with Crippen LogP contribution < -0.4 is 5.32 Å². The summed E-state index contributed by atoms with van der Waals surface area (Å²) in [5.74, 6) is -1.54. The molecule has 0 atom stereocenters. The summed E-state index contributed by atoms with van der Waals surface area (Å²) < 4.78 is 0. The summed E-state index contributed by atoms with van der Waals surface area (Å²) in [6.45, 7) is 5.40. The summed E-state index contributed by atoms with van der Waals surface area (Å²) in [6, 6.07) is 2.83. The van der Waals surface area contributed by atoms with Crippen molar-refractivity contribution in [1.29, 1.82) is 0 Å². The van der Waals surface area contributed by atoms with E-state index in [-0.39, 0.29) is 27.2 Å². The van der Waals surface area contributed by atoms with Gasteiger partial charge in [-0.3, -0.25) is 4.79 Å². The highest BCUT2D eigenvalue weighted by Crippen LogP contribution is 2.33. The van der Waals surface area contributed by atoms with Crippen LogP contribution in [0.25, 0.3) is 0 Å². The first-order valence-electron chi connectivity index (χ1n) is 5.73. The van der Waals surface area contributed by atoms with Gasteiger partial charge in [-0.2, -0.15) is 0 Å². The number of rotatable bonds is 4. The molecule has 1 aromatic rings. The monoisotopic (exact) mass is 303 g/mol. The number of benzene rings is 1. The highest BCUT2D eigenvalue weighted by Gasteiger charge is 2.28. The molecule has 1 aromatic carbocycles. The summed E-state index contributed by atoms with van der Waals surface area (Å²) in [5, 5.41) is 11.9. The van der Waals surface area contributed by atoms with Gasteiger partial charge >= 0.3 is 5.97 Å². The molecule has 0 fully saturated rings. The van der Waals surface area contributed by atoms with Gasteiger partial charge in [0.15, 0.2) is 0 Å². The molecule has 1 amide bonds. The van der Waals surface area contributed by atoms with E-state index in [1.165, 1.54) is 12.1 Å². The SMILES string of the molecule is CCC(C)(C)C(=O)Nc1c(Cl)ccc(Cl)c1C(=O)O. The van der Waals surface area contributed by atoms with Crippen LogP contribution in [0.4, 0.5) is 5.69 Å². The number of hydrogen-bond acceptors (Lipinski definition) is 2. The van der Waals surface area contributed by atoms with Gasteiger partial charge in [0.25, 0.3) is 0 Å². The smallest absolute Gasteiger partial charge is 0.339 e. The number of hydrogen-bond donors (Lipinski definition) is 2. The quantitative estimate of drug-likeness (QED) is 0.881. The fraction of sp³-hybridized carbons (Fsp3) is 0.385. The largest absolute Gasteiger partial charge is 0.478 e. The Morgan fingerprint density at radius 2 is 1.79 bits per heavy atom. The van der Waals surface area contributed by atoms with Gasteiger partial charge in [0.2, 0.25) is 5.91 Å². The van der Waals surface area contributed by atoms with E-state index in [1.54, 1.807) is 13.8 Å². The molecule has 6 heteroatoms. The highest BCUT2D eigenvalue weighted by molar-refractivity contribution is 6.38. The Morgan fingerprint density at radius 1 is 1.26 bits per heavy atom. The lowest BCUT2D eigenvalue weighted by Crippen LogP contribution is -2.30. The van der Waals surface area contributed by atoms with Crippen LogP contribution in [0.15, 0.2) is 12.1 Å². The number of aromatic carboxylic acids is 1. The van der Waals surface area contributed by atoms with Crippen LogP contribution in [-0.4, -0.2) is 17.0 Å². The minimum atomic E-state index is -1.24. The topological polar surface area (TPSA) is 66.4 Å². The second-order valence-corrected chi connectivity index (χ2v) is 5.59. The molecule has 0 radical (unpaired) electrons. The van der Waals surface area contributed by atoms with Crippen molar-refractivity contribution in [3.8, 4) is 0 Å². The zero-order chi connectivity index (χ0) is 14.8. The number of carbonyl (C=O) groups is 2. The summed E-state index contributed by atoms with van der Waals surface area (Å²) in [4.78, 5) is 23.3. The zero-order valence-electron chi connectivity index (χ0n) is 10.9. The molecular formula is C13H15Cl2NO3. The molecule has 0 bridgehead atoms. The zero-order valence-corrected chi connectivity index (χ0v) is 12.4. The van der Waals surface area contributed by atoms with Crippen molar-refractivity contribution in [2.45, 2.75) is 27.2 Å². The minimum Gasteiger partial charge on any atom is -0.478 e. The van der Waals surface area contributed by atoms with E-state index >= 15 is 0 Å². The van der Waals surface area contributed by atoms with Crippen molar-refractivity contribution in [2.75, 3.05) is 5.32 Å². The van der Waals surface area contributed by atoms with E-state index in [4.69, 9.17) is 28.3 Å². The highest BCUT2D eigenvalue weighted by atomic mass is 35.5. The number of carboxylic acids is 1. The Balaban J connectivity index is 3.25. The van der Waals surface area contributed by atoms with E-state index in [2.05, 4.69) is 5.32 Å². The maximum atomic E-state index is 12.1. The van der Waals surface area contributed by atoms with Crippen molar-refractivity contribution in [1.82, 2.24) is 0 Å². The molecule has 0 unspecified atom stereocenters. The second-order valence-electron chi connectivity index (χ2n) is 4.78. The molecule has 0 saturated carbocycles. The van der Waals surface area contributed by atoms with E-state index < -0.39 is 11.4 Å². The van der Waals surface area contributed by atoms with Crippen LogP contribution in [0, 0.1) is 5.41 Å². The first-order valence-corrected chi connectivity index (χ1v) is 6.49. The number of nitrogens with one attached hydrogen (secondary N) is 1. The van der Waals surface area contributed by atoms with Crippen molar-refractivity contribution >= 4 is 40.8 Å². The number of carboxylic acid groups (broad SMARTS) is 1. The number of carbonyl (C=O) groups excluding carboxylic acids is 1. The van der Waals surface area contributed by atoms with E-state index in [0.717, 1.165) is 0 Å². The lowest BCUT2D eigenvalue weighted by molar-refractivity contribution is -0.124. The van der Waals surface area contributed by atoms with Gasteiger partial charge < -0.3 is 10.4 Å². The van der Waals surface area contributed by atoms with Gasteiger partial charge in [0, 0.05) is 5.41 Å². The standard InChI is InChI=1S/C13H15Cl2NO3/c1-4-13(2,3)12(19)16-10-8(15)6-5-7(14)9(10)11(17)18/h5-6H,4H2,1-3H3,(H,16,19)(H,17,18). The molecule has 2 N–H and O–H groups in total. The van der Waals surface area contributed by atoms with E-state index in [9.17, 15) is 9.59 Å². The lowest BCUT2D eigenvalue weighted by atomic mass is 9.89. The van der Waals surface area contributed by atoms with Crippen LogP contribution in [0.5, 0.6) is 0 Å². The van der Waals surface area contributed by atoms with E-state index in [1.807, 2.05) is 6.92 Å². The summed E-state index contributed by atoms with van der Waals surface area (Å²) in [7, 11) is 0. The predicted molar refractivity (Wildman–Crippen MR) is 76.1 cm³/mol. The van der Waals surface area contributed by atoms with Gasteiger partial charge in [-0.1, -0.05) is 44.0 Å². The summed E-state index contributed by atoms with van der Waals surface area (Å²) >= 11 is 11.8. The molecule has 4 nitrogen and oxygen atoms in total. The molecule has 19 heavy (non-hydrogen) atoms. The van der Waals surface area contributed by atoms with Crippen LogP contribution in [0.3, 0.4) is 0 Å². The Morgan fingerprint density at radius 3 is 2.26 bits per heavy atom. The maximum absolute atomic E-state index is 12.1. The van der Waals surface area contributed by atoms with Gasteiger partial charge in [0.1, 0.15) is 5.56 Å². The van der Waals surface area contributed by atoms with Gasteiger partial charge in [-0.05, 0) is 18.6 Å². The normalized spacial score (nSPS) is 11.2. The van der Waals surface area contributed by atoms with Crippen LogP contribution in [0.2, 0.25) is 10.0 Å². The molecule has 0 aliphatic heterocycles. The molecule has 104 valence electrons. The Hall–Kier alpha value is -1.26. The fourth-order valence-electron chi connectivity index (χ4n) is 1.33. The molecular weight excluding hydrogens is 289 g/mol. The van der Waals surface area contributed by atoms with Gasteiger partial charge in [-0.15, -0.1) is 0 Å². The van der Waals surface area contributed by atoms with Gasteiger partial charge in [-0.25, -0.2) is 4.79 Å². The predicted octanol–water partition coefficient (Wildman–Crippen LogP) is 4.07. The van der Waals surface area contributed by atoms with Crippen LogP contribution in [-0.2, 0) is 4.79 Å². The Labute approximate surface area is 121 Å². The summed E-state index contributed by atoms with van der Waals surface area (Å²) in [5.41, 5.74) is -0.788. The Bertz CT molecular complexity index is 527. The third-order valence-electron chi connectivity index (χ3n) is 3.05. The molecule has 0 aliphatic rings. The number of amides is 1. The first kappa shape index (κ1) is 15.8. The van der Waals surface area contributed by atoms with Crippen LogP contribution >= 0.6 is 23.2 Å². The Kier molecular flexibility index (Phi) is 4.82. The second kappa shape index (κ2) is 5.80. The van der Waals surface area contributed by atoms with E-state index in [0.29, 0.717) is 6.42 Å². The van der Waals surface area contributed by atoms with Crippen LogP contribution in [0.1, 0.15) is 37.6 Å². The lowest BCUT2D eigenvalue weighted by Gasteiger charge is -2.22. The van der Waals surface area contributed by atoms with Crippen molar-refractivity contribution in [2.24, 2.45) is 5.41 Å². The van der Waals surface area contributed by atoms with Gasteiger partial charge in [0.05, 0.1) is 15.7 Å². The summed E-state index contributed by atoms with van der Waals surface area (Å²) in [6.07, 6.45) is 0.611. The molecule has 0 spiro atoms. The molecule has 0 heterocycles. The first-order chi connectivity index (χ1) is 8.70. The maximum Gasteiger partial charge on any atom is 0.339 e. The molecule has 1 rings (SSSR count). The number of halogens is 2. The van der Waals surface area contributed by atoms with Crippen molar-refractivity contribution < 1.29 is 14.7 Å². The average molecular weight is 304 g/mol. The number of anilines is 1. The average Bonchev–Trinajstić information content (AvgIpc) is 2.33. The molecule has 0 aliphatic carbocycles. The van der Waals surface area contributed by atoms with Crippen molar-refractivity contribution in [3.05, 3.63) is 27.7 Å². The third-order valence-corrected chi connectivity index (χ3v) is 3.68.